The number of pyridine rings is 1. The lowest BCUT2D eigenvalue weighted by molar-refractivity contribution is 0.412. The topological polar surface area (TPSA) is 45.9 Å². The third kappa shape index (κ3) is 1.40. The number of rotatable bonds is 1. The first kappa shape index (κ1) is 10.4. The van der Waals surface area contributed by atoms with Gasteiger partial charge in [0.2, 0.25) is 0 Å². The number of nitrogens with zero attached hydrogens (tertiary/aromatic N) is 2. The van der Waals surface area contributed by atoms with E-state index in [0.29, 0.717) is 5.56 Å². The number of methoxy groups -OCH3 is 1. The molecule has 0 radical (unpaired) electrons. The van der Waals surface area contributed by atoms with Crippen molar-refractivity contribution in [1.29, 1.82) is 5.26 Å². The van der Waals surface area contributed by atoms with E-state index in [0.717, 1.165) is 27.6 Å². The second kappa shape index (κ2) is 3.82. The first-order valence-electron chi connectivity index (χ1n) is 5.01. The Balaban J connectivity index is 2.98. The second-order valence-electron chi connectivity index (χ2n) is 3.74. The van der Waals surface area contributed by atoms with Gasteiger partial charge in [0, 0.05) is 28.7 Å². The summed E-state index contributed by atoms with van der Waals surface area (Å²) in [6, 6.07) is 4.14. The molecule has 2 aromatic rings. The first-order valence-corrected chi connectivity index (χ1v) is 5.01. The van der Waals surface area contributed by atoms with Crippen molar-refractivity contribution in [3.05, 3.63) is 35.2 Å². The zero-order chi connectivity index (χ0) is 11.7. The zero-order valence-electron chi connectivity index (χ0n) is 9.53. The van der Waals surface area contributed by atoms with E-state index in [2.05, 4.69) is 11.1 Å². The highest BCUT2D eigenvalue weighted by atomic mass is 16.5. The van der Waals surface area contributed by atoms with Crippen LogP contribution >= 0.6 is 0 Å². The van der Waals surface area contributed by atoms with Crippen molar-refractivity contribution in [2.24, 2.45) is 0 Å². The van der Waals surface area contributed by atoms with E-state index in [-0.39, 0.29) is 0 Å². The number of aromatic nitrogens is 1. The first-order chi connectivity index (χ1) is 7.69. The minimum Gasteiger partial charge on any atom is -0.496 e. The molecule has 0 N–H and O–H groups in total. The highest BCUT2D eigenvalue weighted by Gasteiger charge is 2.11. The van der Waals surface area contributed by atoms with Crippen LogP contribution in [0.5, 0.6) is 5.75 Å². The molecule has 0 saturated carbocycles. The predicted octanol–water partition coefficient (Wildman–Crippen LogP) is 2.73. The molecule has 0 spiro atoms. The van der Waals surface area contributed by atoms with E-state index in [1.165, 1.54) is 0 Å². The maximum atomic E-state index is 9.08. The van der Waals surface area contributed by atoms with Crippen molar-refractivity contribution in [3.8, 4) is 11.8 Å². The van der Waals surface area contributed by atoms with Gasteiger partial charge in [-0.25, -0.2) is 0 Å². The van der Waals surface area contributed by atoms with Crippen LogP contribution in [0.3, 0.4) is 0 Å². The van der Waals surface area contributed by atoms with Gasteiger partial charge in [-0.2, -0.15) is 5.26 Å². The van der Waals surface area contributed by atoms with Crippen LogP contribution < -0.4 is 4.74 Å². The largest absolute Gasteiger partial charge is 0.496 e. The summed E-state index contributed by atoms with van der Waals surface area (Å²) in [5.41, 5.74) is 2.65. The normalized spacial score (nSPS) is 10.1. The summed E-state index contributed by atoms with van der Waals surface area (Å²) in [6.45, 7) is 3.95. The minimum absolute atomic E-state index is 0.594. The zero-order valence-corrected chi connectivity index (χ0v) is 9.53. The van der Waals surface area contributed by atoms with Crippen molar-refractivity contribution >= 4 is 10.8 Å². The Hall–Kier alpha value is -2.08. The molecular weight excluding hydrogens is 200 g/mol. The molecule has 3 nitrogen and oxygen atoms in total. The van der Waals surface area contributed by atoms with Crippen LogP contribution in [0.25, 0.3) is 10.8 Å². The Labute approximate surface area is 94.3 Å². The molecule has 80 valence electrons. The van der Waals surface area contributed by atoms with Crippen molar-refractivity contribution in [1.82, 2.24) is 4.98 Å². The smallest absolute Gasteiger partial charge is 0.122 e. The van der Waals surface area contributed by atoms with Gasteiger partial charge in [0.15, 0.2) is 0 Å². The summed E-state index contributed by atoms with van der Waals surface area (Å²) >= 11 is 0. The molecule has 0 unspecified atom stereocenters. The fourth-order valence-corrected chi connectivity index (χ4v) is 1.97. The molecular formula is C13H12N2O. The van der Waals surface area contributed by atoms with E-state index in [1.807, 2.05) is 19.9 Å². The van der Waals surface area contributed by atoms with Crippen LogP contribution in [0, 0.1) is 25.2 Å². The second-order valence-corrected chi connectivity index (χ2v) is 3.74. The fourth-order valence-electron chi connectivity index (χ4n) is 1.97. The molecule has 1 aromatic carbocycles. The van der Waals surface area contributed by atoms with Gasteiger partial charge >= 0.3 is 0 Å². The molecule has 0 aliphatic rings. The molecule has 0 atom stereocenters. The van der Waals surface area contributed by atoms with Crippen LogP contribution in [0.1, 0.15) is 16.7 Å². The Morgan fingerprint density at radius 3 is 2.69 bits per heavy atom. The molecule has 0 fully saturated rings. The van der Waals surface area contributed by atoms with Gasteiger partial charge in [-0.3, -0.25) is 4.98 Å². The van der Waals surface area contributed by atoms with Crippen molar-refractivity contribution in [2.75, 3.05) is 7.11 Å². The molecule has 1 aromatic heterocycles. The van der Waals surface area contributed by atoms with E-state index in [1.54, 1.807) is 19.5 Å². The van der Waals surface area contributed by atoms with E-state index < -0.39 is 0 Å². The Morgan fingerprint density at radius 2 is 2.06 bits per heavy atom. The monoisotopic (exact) mass is 212 g/mol. The number of hydrogen-bond acceptors (Lipinski definition) is 3. The number of fused-ring (bicyclic) bond motifs is 1. The van der Waals surface area contributed by atoms with Crippen LogP contribution in [0.15, 0.2) is 18.5 Å². The van der Waals surface area contributed by atoms with E-state index in [4.69, 9.17) is 10.00 Å². The number of nitriles is 1. The van der Waals surface area contributed by atoms with Gasteiger partial charge in [0.25, 0.3) is 0 Å². The SMILES string of the molecule is COc1cc(C)c2cncc(C#N)c2c1C. The van der Waals surface area contributed by atoms with Gasteiger partial charge < -0.3 is 4.74 Å². The fraction of sp³-hybridized carbons (Fsp3) is 0.231. The highest BCUT2D eigenvalue weighted by molar-refractivity contribution is 5.93. The highest BCUT2D eigenvalue weighted by Crippen LogP contribution is 2.31. The van der Waals surface area contributed by atoms with Crippen molar-refractivity contribution < 1.29 is 4.74 Å². The van der Waals surface area contributed by atoms with E-state index >= 15 is 0 Å². The molecule has 0 saturated heterocycles. The van der Waals surface area contributed by atoms with Gasteiger partial charge in [0.1, 0.15) is 11.8 Å². The summed E-state index contributed by atoms with van der Waals surface area (Å²) in [4.78, 5) is 4.08. The number of benzene rings is 1. The molecule has 0 aliphatic heterocycles. The summed E-state index contributed by atoms with van der Waals surface area (Å²) < 4.78 is 5.30. The average molecular weight is 212 g/mol. The standard InChI is InChI=1S/C13H12N2O/c1-8-4-12(16-3)9(2)13-10(5-14)6-15-7-11(8)13/h4,6-7H,1-3H3. The summed E-state index contributed by atoms with van der Waals surface area (Å²) in [5, 5.41) is 11.0. The molecule has 16 heavy (non-hydrogen) atoms. The van der Waals surface area contributed by atoms with Crippen molar-refractivity contribution in [2.45, 2.75) is 13.8 Å². The molecule has 3 heteroatoms. The van der Waals surface area contributed by atoms with Gasteiger partial charge in [-0.1, -0.05) is 0 Å². The number of aryl methyl sites for hydroxylation is 2. The lowest BCUT2D eigenvalue weighted by Gasteiger charge is -2.11. The summed E-state index contributed by atoms with van der Waals surface area (Å²) in [6.07, 6.45) is 3.38. The maximum absolute atomic E-state index is 9.08. The molecule has 2 rings (SSSR count). The van der Waals surface area contributed by atoms with Crippen LogP contribution in [-0.2, 0) is 0 Å². The van der Waals surface area contributed by atoms with Gasteiger partial charge in [0.05, 0.1) is 12.7 Å². The molecule has 0 bridgehead atoms. The van der Waals surface area contributed by atoms with E-state index in [9.17, 15) is 0 Å². The van der Waals surface area contributed by atoms with Crippen LogP contribution in [-0.4, -0.2) is 12.1 Å². The van der Waals surface area contributed by atoms with Crippen molar-refractivity contribution in [3.63, 3.8) is 0 Å². The Kier molecular flexibility index (Phi) is 2.49. The van der Waals surface area contributed by atoms with Gasteiger partial charge in [-0.15, -0.1) is 0 Å². The molecule has 1 heterocycles. The third-order valence-corrected chi connectivity index (χ3v) is 2.80. The lowest BCUT2D eigenvalue weighted by atomic mass is 9.98. The average Bonchev–Trinajstić information content (AvgIpc) is 2.32. The summed E-state index contributed by atoms with van der Waals surface area (Å²) in [7, 11) is 1.64. The number of ether oxygens (including phenoxy) is 1. The Morgan fingerprint density at radius 1 is 1.31 bits per heavy atom. The molecule has 0 amide bonds. The number of hydrogen-bond donors (Lipinski definition) is 0. The summed E-state index contributed by atoms with van der Waals surface area (Å²) in [5.74, 6) is 0.813. The van der Waals surface area contributed by atoms with Gasteiger partial charge in [-0.05, 0) is 25.5 Å². The third-order valence-electron chi connectivity index (χ3n) is 2.80. The Bertz CT molecular complexity index is 597. The quantitative estimate of drug-likeness (QED) is 0.730. The predicted molar refractivity (Wildman–Crippen MR) is 62.5 cm³/mol. The lowest BCUT2D eigenvalue weighted by Crippen LogP contribution is -1.94. The van der Waals surface area contributed by atoms with Crippen LogP contribution in [0.4, 0.5) is 0 Å². The van der Waals surface area contributed by atoms with Crippen LogP contribution in [0.2, 0.25) is 0 Å². The minimum atomic E-state index is 0.594. The molecule has 0 aliphatic carbocycles. The maximum Gasteiger partial charge on any atom is 0.122 e.